The molecule has 2 unspecified atom stereocenters. The van der Waals surface area contributed by atoms with Crippen molar-refractivity contribution in [3.8, 4) is 0 Å². The minimum absolute atomic E-state index is 0.641. The van der Waals surface area contributed by atoms with Gasteiger partial charge in [-0.1, -0.05) is 13.3 Å². The highest BCUT2D eigenvalue weighted by molar-refractivity contribution is 4.93. The van der Waals surface area contributed by atoms with Gasteiger partial charge in [-0.2, -0.15) is 0 Å². The van der Waals surface area contributed by atoms with Gasteiger partial charge < -0.3 is 15.9 Å². The normalized spacial score (nSPS) is 22.4. The van der Waals surface area contributed by atoms with Crippen molar-refractivity contribution in [2.75, 3.05) is 0 Å². The molecule has 0 heterocycles. The third-order valence-corrected chi connectivity index (χ3v) is 2.24. The molecule has 0 rings (SSSR count). The molecule has 0 saturated carbocycles. The van der Waals surface area contributed by atoms with Crippen LogP contribution in [0.5, 0.6) is 0 Å². The molecule has 3 heteroatoms. The predicted molar refractivity (Wildman–Crippen MR) is 45.2 cm³/mol. The first-order chi connectivity index (χ1) is 4.95. The van der Waals surface area contributed by atoms with Crippen molar-refractivity contribution in [2.24, 2.45) is 5.73 Å². The second-order valence-electron chi connectivity index (χ2n) is 3.21. The average Bonchev–Trinajstić information content (AvgIpc) is 1.87. The lowest BCUT2D eigenvalue weighted by molar-refractivity contribution is 0.00227. The lowest BCUT2D eigenvalue weighted by Gasteiger charge is -2.35. The molecule has 68 valence electrons. The molecule has 0 aliphatic carbocycles. The van der Waals surface area contributed by atoms with E-state index in [4.69, 9.17) is 5.73 Å². The molecule has 0 fully saturated rings. The van der Waals surface area contributed by atoms with Gasteiger partial charge in [-0.05, 0) is 20.3 Å². The van der Waals surface area contributed by atoms with Crippen molar-refractivity contribution in [1.29, 1.82) is 0 Å². The molecule has 3 nitrogen and oxygen atoms in total. The smallest absolute Gasteiger partial charge is 0.0716 e. The molecule has 4 N–H and O–H groups in total. The van der Waals surface area contributed by atoms with E-state index < -0.39 is 17.7 Å². The van der Waals surface area contributed by atoms with Crippen molar-refractivity contribution >= 4 is 0 Å². The van der Waals surface area contributed by atoms with Gasteiger partial charge in [0.1, 0.15) is 0 Å². The lowest BCUT2D eigenvalue weighted by atomic mass is 9.84. The van der Waals surface area contributed by atoms with Crippen LogP contribution >= 0.6 is 0 Å². The van der Waals surface area contributed by atoms with E-state index in [1.807, 2.05) is 6.92 Å². The van der Waals surface area contributed by atoms with Crippen molar-refractivity contribution in [3.63, 3.8) is 0 Å². The summed E-state index contributed by atoms with van der Waals surface area (Å²) in [5, 5.41) is 18.6. The number of rotatable bonds is 4. The molecule has 0 aliphatic rings. The molecule has 0 aromatic carbocycles. The van der Waals surface area contributed by atoms with Gasteiger partial charge in [0, 0.05) is 0 Å². The van der Waals surface area contributed by atoms with Crippen molar-refractivity contribution < 1.29 is 10.2 Å². The zero-order valence-corrected chi connectivity index (χ0v) is 7.54. The third-order valence-electron chi connectivity index (χ3n) is 2.24. The van der Waals surface area contributed by atoms with Gasteiger partial charge in [-0.15, -0.1) is 0 Å². The van der Waals surface area contributed by atoms with E-state index >= 15 is 0 Å². The largest absolute Gasteiger partial charge is 0.391 e. The summed E-state index contributed by atoms with van der Waals surface area (Å²) in [5.41, 5.74) is 4.96. The Morgan fingerprint density at radius 1 is 1.27 bits per heavy atom. The zero-order chi connectivity index (χ0) is 9.07. The maximum absolute atomic E-state index is 9.29. The molecular weight excluding hydrogens is 142 g/mol. The molecule has 0 aliphatic heterocycles. The second-order valence-corrected chi connectivity index (χ2v) is 3.21. The van der Waals surface area contributed by atoms with Crippen molar-refractivity contribution in [3.05, 3.63) is 0 Å². The van der Waals surface area contributed by atoms with Crippen LogP contribution in [0.4, 0.5) is 0 Å². The summed E-state index contributed by atoms with van der Waals surface area (Å²) in [4.78, 5) is 0. The standard InChI is InChI=1S/C8H19NO2/c1-4-5-8(9,6(2)10)7(3)11/h6-7,10-11H,4-5,9H2,1-3H3. The van der Waals surface area contributed by atoms with Crippen molar-refractivity contribution in [1.82, 2.24) is 0 Å². The molecule has 0 spiro atoms. The third kappa shape index (κ3) is 2.43. The minimum atomic E-state index is -0.839. The van der Waals surface area contributed by atoms with Gasteiger partial charge in [0.2, 0.25) is 0 Å². The van der Waals surface area contributed by atoms with Gasteiger partial charge in [0.05, 0.1) is 17.7 Å². The van der Waals surface area contributed by atoms with Crippen LogP contribution in [-0.4, -0.2) is 28.0 Å². The van der Waals surface area contributed by atoms with Crippen LogP contribution in [0.2, 0.25) is 0 Å². The molecule has 0 saturated heterocycles. The topological polar surface area (TPSA) is 66.5 Å². The molecule has 0 bridgehead atoms. The van der Waals surface area contributed by atoms with E-state index in [1.54, 1.807) is 13.8 Å². The van der Waals surface area contributed by atoms with Gasteiger partial charge in [-0.3, -0.25) is 0 Å². The molecule has 0 aromatic heterocycles. The van der Waals surface area contributed by atoms with Crippen LogP contribution < -0.4 is 5.73 Å². The Labute approximate surface area is 68.2 Å². The number of aliphatic hydroxyl groups is 2. The summed E-state index contributed by atoms with van der Waals surface area (Å²) < 4.78 is 0. The van der Waals surface area contributed by atoms with Crippen LogP contribution in [0, 0.1) is 0 Å². The lowest BCUT2D eigenvalue weighted by Crippen LogP contribution is -2.57. The maximum Gasteiger partial charge on any atom is 0.0716 e. The SMILES string of the molecule is CCCC(N)(C(C)O)C(C)O. The van der Waals surface area contributed by atoms with E-state index in [1.165, 1.54) is 0 Å². The first-order valence-electron chi connectivity index (χ1n) is 4.10. The van der Waals surface area contributed by atoms with Crippen LogP contribution in [-0.2, 0) is 0 Å². The fraction of sp³-hybridized carbons (Fsp3) is 1.00. The monoisotopic (exact) mass is 161 g/mol. The Morgan fingerprint density at radius 3 is 1.73 bits per heavy atom. The quantitative estimate of drug-likeness (QED) is 0.553. The predicted octanol–water partition coefficient (Wildman–Crippen LogP) is 0.246. The summed E-state index contributed by atoms with van der Waals surface area (Å²) in [6.45, 7) is 5.21. The van der Waals surface area contributed by atoms with Crippen molar-refractivity contribution in [2.45, 2.75) is 51.4 Å². The summed E-state index contributed by atoms with van der Waals surface area (Å²) in [5.74, 6) is 0. The first-order valence-corrected chi connectivity index (χ1v) is 4.10. The Balaban J connectivity index is 4.26. The molecule has 11 heavy (non-hydrogen) atoms. The molecule has 0 radical (unpaired) electrons. The fourth-order valence-electron chi connectivity index (χ4n) is 1.20. The van der Waals surface area contributed by atoms with Crippen LogP contribution in [0.3, 0.4) is 0 Å². The second kappa shape index (κ2) is 4.04. The Bertz CT molecular complexity index is 105. The van der Waals surface area contributed by atoms with Gasteiger partial charge in [0.15, 0.2) is 0 Å². The Morgan fingerprint density at radius 2 is 1.64 bits per heavy atom. The summed E-state index contributed by atoms with van der Waals surface area (Å²) in [7, 11) is 0. The summed E-state index contributed by atoms with van der Waals surface area (Å²) in [6.07, 6.45) is 0.180. The van der Waals surface area contributed by atoms with E-state index in [0.717, 1.165) is 6.42 Å². The molecular formula is C8H19NO2. The first kappa shape index (κ1) is 10.9. The molecule has 2 atom stereocenters. The number of hydrogen-bond acceptors (Lipinski definition) is 3. The van der Waals surface area contributed by atoms with E-state index in [2.05, 4.69) is 0 Å². The highest BCUT2D eigenvalue weighted by Gasteiger charge is 2.34. The van der Waals surface area contributed by atoms with Gasteiger partial charge in [0.25, 0.3) is 0 Å². The zero-order valence-electron chi connectivity index (χ0n) is 7.54. The molecule has 0 amide bonds. The summed E-state index contributed by atoms with van der Waals surface area (Å²) in [6, 6.07) is 0. The van der Waals surface area contributed by atoms with Gasteiger partial charge in [-0.25, -0.2) is 0 Å². The number of aliphatic hydroxyl groups excluding tert-OH is 2. The van der Waals surface area contributed by atoms with E-state index in [0.29, 0.717) is 6.42 Å². The number of nitrogens with two attached hydrogens (primary N) is 1. The highest BCUT2D eigenvalue weighted by atomic mass is 16.3. The minimum Gasteiger partial charge on any atom is -0.391 e. The average molecular weight is 161 g/mol. The summed E-state index contributed by atoms with van der Waals surface area (Å²) >= 11 is 0. The van der Waals surface area contributed by atoms with Crippen LogP contribution in [0.15, 0.2) is 0 Å². The van der Waals surface area contributed by atoms with Gasteiger partial charge >= 0.3 is 0 Å². The van der Waals surface area contributed by atoms with Crippen LogP contribution in [0.25, 0.3) is 0 Å². The molecule has 0 aromatic rings. The highest BCUT2D eigenvalue weighted by Crippen LogP contribution is 2.18. The Hall–Kier alpha value is -0.120. The Kier molecular flexibility index (Phi) is 4.00. The van der Waals surface area contributed by atoms with Crippen LogP contribution in [0.1, 0.15) is 33.6 Å². The van der Waals surface area contributed by atoms with E-state index in [9.17, 15) is 10.2 Å². The maximum atomic E-state index is 9.29. The number of hydrogen-bond donors (Lipinski definition) is 3. The van der Waals surface area contributed by atoms with E-state index in [-0.39, 0.29) is 0 Å². The fourth-order valence-corrected chi connectivity index (χ4v) is 1.20.